The molecule has 0 aromatic heterocycles. The molecule has 2 bridgehead atoms. The Hall–Kier alpha value is -1.10. The molecule has 0 radical (unpaired) electrons. The molecule has 3 saturated heterocycles. The van der Waals surface area contributed by atoms with Crippen molar-refractivity contribution in [3.05, 3.63) is 0 Å². The Bertz CT molecular complexity index is 451. The van der Waals surface area contributed by atoms with Crippen molar-refractivity contribution in [1.29, 1.82) is 0 Å². The topological polar surface area (TPSA) is 61.4 Å². The highest BCUT2D eigenvalue weighted by Gasteiger charge is 2.39. The Labute approximate surface area is 132 Å². The molecule has 0 spiro atoms. The van der Waals surface area contributed by atoms with Crippen molar-refractivity contribution < 1.29 is 9.59 Å². The van der Waals surface area contributed by atoms with Crippen molar-refractivity contribution in [2.24, 2.45) is 5.92 Å². The van der Waals surface area contributed by atoms with Crippen LogP contribution in [0.5, 0.6) is 0 Å². The smallest absolute Gasteiger partial charge is 0.243 e. The van der Waals surface area contributed by atoms with E-state index < -0.39 is 0 Å². The normalized spacial score (nSPS) is 37.4. The fraction of sp³-hybridized carbons (Fsp3) is 0.882. The van der Waals surface area contributed by atoms with E-state index in [9.17, 15) is 9.59 Å². The van der Waals surface area contributed by atoms with E-state index in [1.807, 2.05) is 4.90 Å². The second kappa shape index (κ2) is 5.84. The molecular weight excluding hydrogens is 278 g/mol. The van der Waals surface area contributed by atoms with E-state index in [-0.39, 0.29) is 17.9 Å². The van der Waals surface area contributed by atoms with Gasteiger partial charge in [0.2, 0.25) is 11.8 Å². The number of fused-ring (bicyclic) bond motifs is 2. The van der Waals surface area contributed by atoms with Crippen LogP contribution in [0.2, 0.25) is 0 Å². The van der Waals surface area contributed by atoms with Crippen molar-refractivity contribution in [1.82, 2.24) is 15.5 Å². The Morgan fingerprint density at radius 1 is 1.05 bits per heavy atom. The van der Waals surface area contributed by atoms with Gasteiger partial charge in [0.15, 0.2) is 0 Å². The van der Waals surface area contributed by atoms with Crippen LogP contribution < -0.4 is 10.6 Å². The summed E-state index contributed by atoms with van der Waals surface area (Å²) < 4.78 is 0. The van der Waals surface area contributed by atoms with Crippen molar-refractivity contribution in [2.75, 3.05) is 6.54 Å². The first-order valence-electron chi connectivity index (χ1n) is 9.05. The van der Waals surface area contributed by atoms with Gasteiger partial charge in [0, 0.05) is 31.1 Å². The summed E-state index contributed by atoms with van der Waals surface area (Å²) in [5.41, 5.74) is 0. The summed E-state index contributed by atoms with van der Waals surface area (Å²) >= 11 is 0. The van der Waals surface area contributed by atoms with Gasteiger partial charge < -0.3 is 15.5 Å². The van der Waals surface area contributed by atoms with Crippen LogP contribution in [0.25, 0.3) is 0 Å². The van der Waals surface area contributed by atoms with Crippen molar-refractivity contribution in [3.8, 4) is 0 Å². The third kappa shape index (κ3) is 3.00. The first-order valence-corrected chi connectivity index (χ1v) is 9.05. The number of likely N-dealkylation sites (tertiary alicyclic amines) is 1. The third-order valence-electron chi connectivity index (χ3n) is 5.83. The van der Waals surface area contributed by atoms with E-state index in [4.69, 9.17) is 0 Å². The zero-order valence-electron chi connectivity index (χ0n) is 13.2. The van der Waals surface area contributed by atoms with Gasteiger partial charge in [-0.15, -0.1) is 0 Å². The highest BCUT2D eigenvalue weighted by Crippen LogP contribution is 2.33. The molecule has 0 aromatic rings. The second-order valence-electron chi connectivity index (χ2n) is 7.71. The number of rotatable bonds is 4. The summed E-state index contributed by atoms with van der Waals surface area (Å²) in [6.45, 7) is 0.763. The maximum absolute atomic E-state index is 12.7. The average molecular weight is 305 g/mol. The molecule has 4 rings (SSSR count). The molecule has 3 heterocycles. The van der Waals surface area contributed by atoms with Gasteiger partial charge >= 0.3 is 0 Å². The van der Waals surface area contributed by atoms with Crippen molar-refractivity contribution >= 4 is 11.8 Å². The Kier molecular flexibility index (Phi) is 3.84. The minimum atomic E-state index is -0.202. The van der Waals surface area contributed by atoms with Gasteiger partial charge in [-0.3, -0.25) is 9.59 Å². The van der Waals surface area contributed by atoms with Crippen LogP contribution in [0.3, 0.4) is 0 Å². The molecule has 5 nitrogen and oxygen atoms in total. The highest BCUT2D eigenvalue weighted by molar-refractivity contribution is 5.88. The van der Waals surface area contributed by atoms with Crippen LogP contribution in [0.15, 0.2) is 0 Å². The second-order valence-corrected chi connectivity index (χ2v) is 7.71. The lowest BCUT2D eigenvalue weighted by Crippen LogP contribution is -2.47. The number of hydrogen-bond donors (Lipinski definition) is 2. The molecule has 2 N–H and O–H groups in total. The molecule has 3 aliphatic heterocycles. The van der Waals surface area contributed by atoms with E-state index in [0.29, 0.717) is 30.5 Å². The molecule has 4 fully saturated rings. The standard InChI is InChI=1S/C17H27N3O2/c21-16(10-11-8-13-5-6-14(9-11)18-13)20-7-1-2-15(20)17(22)19-12-3-4-12/h11-15,18H,1-10H2,(H,19,22). The molecule has 22 heavy (non-hydrogen) atoms. The zero-order chi connectivity index (χ0) is 15.1. The Morgan fingerprint density at radius 3 is 2.45 bits per heavy atom. The predicted octanol–water partition coefficient (Wildman–Crippen LogP) is 1.18. The van der Waals surface area contributed by atoms with Gasteiger partial charge in [0.05, 0.1) is 0 Å². The van der Waals surface area contributed by atoms with Gasteiger partial charge in [0.25, 0.3) is 0 Å². The molecule has 3 unspecified atom stereocenters. The summed E-state index contributed by atoms with van der Waals surface area (Å²) in [6.07, 6.45) is 9.45. The molecule has 122 valence electrons. The number of nitrogens with zero attached hydrogens (tertiary/aromatic N) is 1. The quantitative estimate of drug-likeness (QED) is 0.820. The SMILES string of the molecule is O=C(NC1CC1)C1CCCN1C(=O)CC1CC2CCC(C1)N2. The molecule has 3 atom stereocenters. The molecular formula is C17H27N3O2. The van der Waals surface area contributed by atoms with Crippen LogP contribution in [0.4, 0.5) is 0 Å². The first kappa shape index (κ1) is 14.5. The summed E-state index contributed by atoms with van der Waals surface area (Å²) in [5, 5.41) is 6.70. The largest absolute Gasteiger partial charge is 0.352 e. The Balaban J connectivity index is 1.33. The lowest BCUT2D eigenvalue weighted by molar-refractivity contribution is -0.139. The first-order chi connectivity index (χ1) is 10.7. The molecule has 1 aliphatic carbocycles. The summed E-state index contributed by atoms with van der Waals surface area (Å²) in [7, 11) is 0. The summed E-state index contributed by atoms with van der Waals surface area (Å²) in [4.78, 5) is 26.9. The van der Waals surface area contributed by atoms with Crippen molar-refractivity contribution in [3.63, 3.8) is 0 Å². The number of hydrogen-bond acceptors (Lipinski definition) is 3. The van der Waals surface area contributed by atoms with E-state index in [1.54, 1.807) is 0 Å². The molecule has 5 heteroatoms. The minimum Gasteiger partial charge on any atom is -0.352 e. The van der Waals surface area contributed by atoms with E-state index in [1.165, 1.54) is 12.8 Å². The van der Waals surface area contributed by atoms with E-state index in [0.717, 1.165) is 45.1 Å². The Morgan fingerprint density at radius 2 is 1.77 bits per heavy atom. The fourth-order valence-corrected chi connectivity index (χ4v) is 4.57. The van der Waals surface area contributed by atoms with Gasteiger partial charge in [-0.05, 0) is 57.3 Å². The highest BCUT2D eigenvalue weighted by atomic mass is 16.2. The van der Waals surface area contributed by atoms with Gasteiger partial charge in [-0.1, -0.05) is 0 Å². The van der Waals surface area contributed by atoms with Crippen LogP contribution in [-0.2, 0) is 9.59 Å². The maximum atomic E-state index is 12.7. The van der Waals surface area contributed by atoms with Gasteiger partial charge in [-0.25, -0.2) is 0 Å². The third-order valence-corrected chi connectivity index (χ3v) is 5.83. The number of nitrogens with one attached hydrogen (secondary N) is 2. The van der Waals surface area contributed by atoms with Crippen LogP contribution in [-0.4, -0.2) is 47.4 Å². The minimum absolute atomic E-state index is 0.0822. The lowest BCUT2D eigenvalue weighted by Gasteiger charge is -2.31. The van der Waals surface area contributed by atoms with Gasteiger partial charge in [0.1, 0.15) is 6.04 Å². The number of carbonyl (C=O) groups is 2. The number of piperidine rings is 1. The average Bonchev–Trinajstić information content (AvgIpc) is 3.05. The summed E-state index contributed by atoms with van der Waals surface area (Å²) in [5.74, 6) is 0.803. The zero-order valence-corrected chi connectivity index (χ0v) is 13.2. The lowest BCUT2D eigenvalue weighted by atomic mass is 9.89. The fourth-order valence-electron chi connectivity index (χ4n) is 4.57. The predicted molar refractivity (Wildman–Crippen MR) is 83.2 cm³/mol. The maximum Gasteiger partial charge on any atom is 0.243 e. The molecule has 4 aliphatic rings. The summed E-state index contributed by atoms with van der Waals surface area (Å²) in [6, 6.07) is 1.44. The van der Waals surface area contributed by atoms with E-state index >= 15 is 0 Å². The number of amides is 2. The number of carbonyl (C=O) groups excluding carboxylic acids is 2. The van der Waals surface area contributed by atoms with Crippen LogP contribution in [0.1, 0.15) is 57.8 Å². The monoisotopic (exact) mass is 305 g/mol. The van der Waals surface area contributed by atoms with E-state index in [2.05, 4.69) is 10.6 Å². The van der Waals surface area contributed by atoms with Gasteiger partial charge in [-0.2, -0.15) is 0 Å². The van der Waals surface area contributed by atoms with Crippen molar-refractivity contribution in [2.45, 2.75) is 82.0 Å². The molecule has 2 amide bonds. The molecule has 0 aromatic carbocycles. The van der Waals surface area contributed by atoms with Crippen LogP contribution in [0, 0.1) is 5.92 Å². The molecule has 1 saturated carbocycles. The van der Waals surface area contributed by atoms with Crippen LogP contribution >= 0.6 is 0 Å².